The second-order valence-corrected chi connectivity index (χ2v) is 10.1. The van der Waals surface area contributed by atoms with Crippen LogP contribution in [0.1, 0.15) is 56.8 Å². The van der Waals surface area contributed by atoms with E-state index in [0.717, 1.165) is 23.5 Å². The Balaban J connectivity index is 1.74. The maximum absolute atomic E-state index is 15.2. The van der Waals surface area contributed by atoms with Crippen LogP contribution in [0, 0.1) is 17.7 Å². The summed E-state index contributed by atoms with van der Waals surface area (Å²) in [4.78, 5) is 18.1. The maximum Gasteiger partial charge on any atom is 0.252 e. The number of halogens is 3. The summed E-state index contributed by atoms with van der Waals surface area (Å²) >= 11 is 0. The Hall–Kier alpha value is -3.23. The van der Waals surface area contributed by atoms with E-state index in [1.165, 1.54) is 4.90 Å². The quantitative estimate of drug-likeness (QED) is 0.379. The molecule has 0 spiro atoms. The summed E-state index contributed by atoms with van der Waals surface area (Å²) in [5, 5.41) is 4.07. The van der Waals surface area contributed by atoms with Crippen LogP contribution in [0.5, 0.6) is 0 Å². The Morgan fingerprint density at radius 3 is 2.75 bits per heavy atom. The van der Waals surface area contributed by atoms with E-state index in [-0.39, 0.29) is 30.0 Å². The molecule has 6 nitrogen and oxygen atoms in total. The smallest absolute Gasteiger partial charge is 0.252 e. The molecule has 1 aliphatic rings. The number of carbonyl (C=O) groups excluding carboxylic acids is 1. The molecular weight excluding hydrogens is 467 g/mol. The van der Waals surface area contributed by atoms with Crippen molar-refractivity contribution in [3.63, 3.8) is 0 Å². The number of benzene rings is 1. The van der Waals surface area contributed by atoms with Crippen LogP contribution in [0.2, 0.25) is 0 Å². The summed E-state index contributed by atoms with van der Waals surface area (Å²) in [6.07, 6.45) is 2.95. The van der Waals surface area contributed by atoms with Gasteiger partial charge in [0.05, 0.1) is 11.1 Å². The van der Waals surface area contributed by atoms with Gasteiger partial charge in [0, 0.05) is 49.2 Å². The zero-order valence-corrected chi connectivity index (χ0v) is 21.2. The van der Waals surface area contributed by atoms with Gasteiger partial charge in [-0.2, -0.15) is 0 Å². The van der Waals surface area contributed by atoms with Gasteiger partial charge in [-0.25, -0.2) is 18.2 Å². The van der Waals surface area contributed by atoms with Gasteiger partial charge in [-0.3, -0.25) is 4.79 Å². The van der Waals surface area contributed by atoms with Crippen molar-refractivity contribution < 1.29 is 18.0 Å². The topological polar surface area (TPSA) is 76.2 Å². The van der Waals surface area contributed by atoms with Crippen LogP contribution in [0.3, 0.4) is 0 Å². The van der Waals surface area contributed by atoms with Gasteiger partial charge in [-0.15, -0.1) is 0 Å². The van der Waals surface area contributed by atoms with E-state index in [0.29, 0.717) is 24.4 Å². The first-order valence-electron chi connectivity index (χ1n) is 12.5. The maximum atomic E-state index is 15.2. The fraction of sp³-hybridized carbons (Fsp3) is 0.481. The van der Waals surface area contributed by atoms with E-state index < -0.39 is 29.6 Å². The standard InChI is InChI=1S/C27H34F3N5O/c1-5-19-23(10-7-12-27(19,29)30)34(4)26-20(28)14-18(24(31)36)25(33-26)32-21-8-6-9-22-17(21)11-13-35(22)15-16(2)3/h6,8-9,11,13-14,16,19,23H,5,7,10,12,15H2,1-4H3,(H2,31,36)(H,32,33). The van der Waals surface area contributed by atoms with Crippen LogP contribution >= 0.6 is 0 Å². The van der Waals surface area contributed by atoms with Crippen LogP contribution in [0.4, 0.5) is 30.5 Å². The third-order valence-corrected chi connectivity index (χ3v) is 7.14. The van der Waals surface area contributed by atoms with E-state index >= 15 is 4.39 Å². The highest BCUT2D eigenvalue weighted by Crippen LogP contribution is 2.43. The minimum Gasteiger partial charge on any atom is -0.365 e. The van der Waals surface area contributed by atoms with Gasteiger partial charge in [-0.05, 0) is 49.4 Å². The van der Waals surface area contributed by atoms with E-state index in [1.807, 2.05) is 30.5 Å². The van der Waals surface area contributed by atoms with Crippen molar-refractivity contribution in [2.45, 2.75) is 65.0 Å². The summed E-state index contributed by atoms with van der Waals surface area (Å²) in [7, 11) is 1.58. The molecule has 0 bridgehead atoms. The fourth-order valence-corrected chi connectivity index (χ4v) is 5.43. The van der Waals surface area contributed by atoms with Crippen molar-refractivity contribution in [3.8, 4) is 0 Å². The number of primary amides is 1. The largest absolute Gasteiger partial charge is 0.365 e. The molecule has 0 saturated heterocycles. The number of nitrogens with two attached hydrogens (primary N) is 1. The molecule has 3 aromatic rings. The van der Waals surface area contributed by atoms with Gasteiger partial charge >= 0.3 is 0 Å². The number of nitrogens with zero attached hydrogens (tertiary/aromatic N) is 3. The zero-order valence-electron chi connectivity index (χ0n) is 21.2. The number of hydrogen-bond acceptors (Lipinski definition) is 4. The second-order valence-electron chi connectivity index (χ2n) is 10.1. The molecule has 0 aliphatic heterocycles. The molecule has 4 rings (SSSR count). The number of aromatic nitrogens is 2. The van der Waals surface area contributed by atoms with E-state index in [2.05, 4.69) is 28.7 Å². The Labute approximate surface area is 209 Å². The minimum atomic E-state index is -2.82. The van der Waals surface area contributed by atoms with E-state index in [4.69, 9.17) is 5.73 Å². The number of rotatable bonds is 8. The van der Waals surface area contributed by atoms with Crippen molar-refractivity contribution in [1.29, 1.82) is 0 Å². The third kappa shape index (κ3) is 4.88. The number of amides is 1. The molecule has 1 fully saturated rings. The SMILES string of the molecule is CCC1C(N(C)c2nc(Nc3cccc4c3ccn4CC(C)C)c(C(N)=O)cc2F)CCCC1(F)F. The molecule has 2 unspecified atom stereocenters. The first-order valence-corrected chi connectivity index (χ1v) is 12.5. The zero-order chi connectivity index (χ0) is 26.2. The Morgan fingerprint density at radius 1 is 1.33 bits per heavy atom. The normalized spacial score (nSPS) is 19.6. The Bertz CT molecular complexity index is 1260. The van der Waals surface area contributed by atoms with Crippen LogP contribution in [0.15, 0.2) is 36.5 Å². The van der Waals surface area contributed by atoms with Crippen molar-refractivity contribution in [3.05, 3.63) is 47.9 Å². The van der Waals surface area contributed by atoms with Crippen LogP contribution in [-0.2, 0) is 6.54 Å². The molecular formula is C27H34F3N5O. The summed E-state index contributed by atoms with van der Waals surface area (Å²) in [5.74, 6) is -4.90. The Morgan fingerprint density at radius 2 is 2.08 bits per heavy atom. The molecule has 3 N–H and O–H groups in total. The predicted octanol–water partition coefficient (Wildman–Crippen LogP) is 6.32. The third-order valence-electron chi connectivity index (χ3n) is 7.14. The van der Waals surface area contributed by atoms with E-state index in [1.54, 1.807) is 14.0 Å². The summed E-state index contributed by atoms with van der Waals surface area (Å²) in [6.45, 7) is 6.84. The van der Waals surface area contributed by atoms with Crippen molar-refractivity contribution in [2.75, 3.05) is 17.3 Å². The molecule has 2 aromatic heterocycles. The van der Waals surface area contributed by atoms with Crippen LogP contribution in [0.25, 0.3) is 10.9 Å². The highest BCUT2D eigenvalue weighted by molar-refractivity contribution is 6.01. The molecule has 9 heteroatoms. The lowest BCUT2D eigenvalue weighted by Crippen LogP contribution is -2.49. The number of nitrogens with one attached hydrogen (secondary N) is 1. The van der Waals surface area contributed by atoms with Crippen LogP contribution in [-0.4, -0.2) is 34.5 Å². The van der Waals surface area contributed by atoms with Gasteiger partial charge in [-0.1, -0.05) is 26.8 Å². The number of alkyl halides is 2. The number of anilines is 3. The summed E-state index contributed by atoms with van der Waals surface area (Å²) in [6, 6.07) is 8.16. The molecule has 1 saturated carbocycles. The van der Waals surface area contributed by atoms with Gasteiger partial charge in [0.1, 0.15) is 5.82 Å². The fourth-order valence-electron chi connectivity index (χ4n) is 5.43. The average molecular weight is 502 g/mol. The van der Waals surface area contributed by atoms with Gasteiger partial charge in [0.2, 0.25) is 0 Å². The van der Waals surface area contributed by atoms with Gasteiger partial charge in [0.25, 0.3) is 11.8 Å². The average Bonchev–Trinajstić information content (AvgIpc) is 3.21. The first-order chi connectivity index (χ1) is 17.0. The first kappa shape index (κ1) is 25.9. The van der Waals surface area contributed by atoms with E-state index in [9.17, 15) is 13.6 Å². The lowest BCUT2D eigenvalue weighted by atomic mass is 9.79. The summed E-state index contributed by atoms with van der Waals surface area (Å²) < 4.78 is 46.6. The van der Waals surface area contributed by atoms with Crippen molar-refractivity contribution in [1.82, 2.24) is 9.55 Å². The van der Waals surface area contributed by atoms with Gasteiger partial charge < -0.3 is 20.5 Å². The highest BCUT2D eigenvalue weighted by atomic mass is 19.3. The predicted molar refractivity (Wildman–Crippen MR) is 138 cm³/mol. The number of carbonyl (C=O) groups is 1. The molecule has 1 aromatic carbocycles. The molecule has 0 radical (unpaired) electrons. The molecule has 36 heavy (non-hydrogen) atoms. The molecule has 1 amide bonds. The number of fused-ring (bicyclic) bond motifs is 1. The number of hydrogen-bond donors (Lipinski definition) is 2. The Kier molecular flexibility index (Phi) is 7.20. The monoisotopic (exact) mass is 501 g/mol. The van der Waals surface area contributed by atoms with Crippen molar-refractivity contribution in [2.24, 2.45) is 17.6 Å². The molecule has 2 atom stereocenters. The summed E-state index contributed by atoms with van der Waals surface area (Å²) in [5.41, 5.74) is 7.13. The lowest BCUT2D eigenvalue weighted by molar-refractivity contribution is -0.0945. The molecule has 2 heterocycles. The highest BCUT2D eigenvalue weighted by Gasteiger charge is 2.47. The van der Waals surface area contributed by atoms with Crippen LogP contribution < -0.4 is 16.0 Å². The van der Waals surface area contributed by atoms with Crippen molar-refractivity contribution >= 4 is 34.1 Å². The second kappa shape index (κ2) is 10.0. The minimum absolute atomic E-state index is 0.0884. The number of pyridine rings is 1. The van der Waals surface area contributed by atoms with Gasteiger partial charge in [0.15, 0.2) is 11.6 Å². The molecule has 194 valence electrons. The molecule has 1 aliphatic carbocycles. The lowest BCUT2D eigenvalue weighted by Gasteiger charge is -2.42.